The van der Waals surface area contributed by atoms with Crippen molar-refractivity contribution in [2.45, 2.75) is 19.0 Å². The van der Waals surface area contributed by atoms with E-state index in [0.717, 1.165) is 22.8 Å². The number of thiol groups is 1. The molecule has 0 fully saturated rings. The topological polar surface area (TPSA) is 113 Å². The fraction of sp³-hybridized carbons (Fsp3) is 0.150. The Hall–Kier alpha value is -3.11. The molecule has 3 heterocycles. The Morgan fingerprint density at radius 1 is 1.13 bits per heavy atom. The third kappa shape index (κ3) is 4.71. The van der Waals surface area contributed by atoms with Gasteiger partial charge in [0.25, 0.3) is 0 Å². The Morgan fingerprint density at radius 2 is 1.93 bits per heavy atom. The van der Waals surface area contributed by atoms with E-state index in [-0.39, 0.29) is 5.75 Å². The first-order valence-electron chi connectivity index (χ1n) is 9.34. The van der Waals surface area contributed by atoms with Crippen LogP contribution in [0.1, 0.15) is 12.6 Å². The number of aromatic nitrogens is 4. The Labute approximate surface area is 178 Å². The van der Waals surface area contributed by atoms with Crippen LogP contribution in [0.15, 0.2) is 70.2 Å². The van der Waals surface area contributed by atoms with E-state index in [1.807, 2.05) is 60.2 Å². The van der Waals surface area contributed by atoms with Gasteiger partial charge >= 0.3 is 0 Å². The summed E-state index contributed by atoms with van der Waals surface area (Å²) in [4.78, 5) is 9.44. The van der Waals surface area contributed by atoms with Gasteiger partial charge in [0.2, 0.25) is 10.0 Å². The minimum absolute atomic E-state index is 0.0216. The van der Waals surface area contributed by atoms with Gasteiger partial charge < -0.3 is 5.32 Å². The third-order valence-electron chi connectivity index (χ3n) is 4.33. The summed E-state index contributed by atoms with van der Waals surface area (Å²) in [6.45, 7) is 3.50. The van der Waals surface area contributed by atoms with Gasteiger partial charge in [0, 0.05) is 17.7 Å². The van der Waals surface area contributed by atoms with Crippen molar-refractivity contribution in [2.75, 3.05) is 11.1 Å². The quantitative estimate of drug-likeness (QED) is 0.329. The molecule has 0 saturated carbocycles. The fourth-order valence-electron chi connectivity index (χ4n) is 2.83. The maximum absolute atomic E-state index is 11.9. The number of rotatable bonds is 7. The summed E-state index contributed by atoms with van der Waals surface area (Å²) < 4.78 is 26.3. The van der Waals surface area contributed by atoms with Crippen molar-refractivity contribution in [3.8, 4) is 11.3 Å². The molecule has 0 aliphatic carbocycles. The van der Waals surface area contributed by atoms with E-state index < -0.39 is 20.9 Å². The number of nitrogens with zero attached hydrogens (tertiary/aromatic N) is 3. The van der Waals surface area contributed by atoms with Gasteiger partial charge in [0.15, 0.2) is 5.16 Å². The lowest BCUT2D eigenvalue weighted by Crippen LogP contribution is -2.23. The normalized spacial score (nSPS) is 17.0. The van der Waals surface area contributed by atoms with Crippen molar-refractivity contribution in [2.24, 2.45) is 0 Å². The van der Waals surface area contributed by atoms with Crippen molar-refractivity contribution >= 4 is 32.6 Å². The number of hydrogen-bond acceptors (Lipinski definition) is 6. The largest absolute Gasteiger partial charge is 0.325 e. The van der Waals surface area contributed by atoms with Crippen LogP contribution in [0.4, 0.5) is 11.6 Å². The predicted molar refractivity (Wildman–Crippen MR) is 121 cm³/mol. The number of allylic oxidation sites excluding steroid dienone is 1. The first-order chi connectivity index (χ1) is 14.4. The number of nitrogens with one attached hydrogen (secondary N) is 3. The SMILES string of the molecule is CCS(=O)(=O)NC1=C[SH](c2nc(Nc3cc(C)n[nH]3)cc(-c3ccccc3)n2)C=C1. The van der Waals surface area contributed by atoms with Gasteiger partial charge in [0.1, 0.15) is 11.6 Å². The molecule has 1 atom stereocenters. The molecule has 0 spiro atoms. The molecule has 10 heteroatoms. The van der Waals surface area contributed by atoms with Gasteiger partial charge in [-0.1, -0.05) is 30.3 Å². The van der Waals surface area contributed by atoms with Crippen molar-refractivity contribution in [1.29, 1.82) is 0 Å². The highest BCUT2D eigenvalue weighted by Gasteiger charge is 2.17. The maximum atomic E-state index is 11.9. The van der Waals surface area contributed by atoms with Crippen LogP contribution in [0.3, 0.4) is 0 Å². The van der Waals surface area contributed by atoms with Crippen LogP contribution in [0.25, 0.3) is 11.3 Å². The zero-order valence-electron chi connectivity index (χ0n) is 16.5. The monoisotopic (exact) mass is 442 g/mol. The highest BCUT2D eigenvalue weighted by molar-refractivity contribution is 8.22. The average Bonchev–Trinajstić information content (AvgIpc) is 3.37. The number of aromatic amines is 1. The summed E-state index contributed by atoms with van der Waals surface area (Å²) >= 11 is 0. The van der Waals surface area contributed by atoms with Gasteiger partial charge in [-0.25, -0.2) is 18.4 Å². The first-order valence-corrected chi connectivity index (χ1v) is 12.5. The molecule has 0 radical (unpaired) electrons. The van der Waals surface area contributed by atoms with Gasteiger partial charge in [-0.05, 0) is 30.7 Å². The summed E-state index contributed by atoms with van der Waals surface area (Å²) in [5.74, 6) is 1.39. The summed E-state index contributed by atoms with van der Waals surface area (Å²) in [7, 11) is -4.32. The highest BCUT2D eigenvalue weighted by Crippen LogP contribution is 2.42. The summed E-state index contributed by atoms with van der Waals surface area (Å²) in [6, 6.07) is 13.6. The van der Waals surface area contributed by atoms with E-state index in [4.69, 9.17) is 4.98 Å². The van der Waals surface area contributed by atoms with Gasteiger partial charge in [-0.15, -0.1) is 10.9 Å². The number of hydrogen-bond donors (Lipinski definition) is 4. The molecule has 1 aliphatic rings. The molecule has 1 unspecified atom stereocenters. The molecule has 156 valence electrons. The van der Waals surface area contributed by atoms with E-state index >= 15 is 0 Å². The number of H-pyrrole nitrogens is 1. The van der Waals surface area contributed by atoms with E-state index in [1.165, 1.54) is 0 Å². The Kier molecular flexibility index (Phi) is 5.60. The number of aryl methyl sites for hydroxylation is 1. The van der Waals surface area contributed by atoms with Crippen LogP contribution < -0.4 is 10.0 Å². The van der Waals surface area contributed by atoms with Gasteiger partial charge in [-0.2, -0.15) is 5.10 Å². The Bertz CT molecular complexity index is 1220. The van der Waals surface area contributed by atoms with Crippen LogP contribution in [0, 0.1) is 6.92 Å². The molecule has 3 N–H and O–H groups in total. The molecule has 0 saturated heterocycles. The number of benzene rings is 1. The highest BCUT2D eigenvalue weighted by atomic mass is 32.2. The van der Waals surface area contributed by atoms with Crippen LogP contribution in [0.5, 0.6) is 0 Å². The molecule has 0 amide bonds. The number of sulfonamides is 1. The molecule has 3 aromatic rings. The second-order valence-corrected chi connectivity index (χ2v) is 10.4. The molecular weight excluding hydrogens is 420 g/mol. The molecule has 2 aromatic heterocycles. The smallest absolute Gasteiger partial charge is 0.232 e. The molecule has 30 heavy (non-hydrogen) atoms. The number of anilines is 2. The van der Waals surface area contributed by atoms with E-state index in [0.29, 0.717) is 16.7 Å². The van der Waals surface area contributed by atoms with E-state index in [1.54, 1.807) is 13.0 Å². The minimum Gasteiger partial charge on any atom is -0.325 e. The van der Waals surface area contributed by atoms with E-state index in [2.05, 4.69) is 25.2 Å². The molecular formula is C20H22N6O2S2. The van der Waals surface area contributed by atoms with Crippen LogP contribution >= 0.6 is 10.9 Å². The van der Waals surface area contributed by atoms with Gasteiger partial charge in [-0.3, -0.25) is 9.82 Å². The third-order valence-corrected chi connectivity index (χ3v) is 7.33. The van der Waals surface area contributed by atoms with Crippen molar-refractivity contribution < 1.29 is 8.42 Å². The molecule has 0 bridgehead atoms. The summed E-state index contributed by atoms with van der Waals surface area (Å²) in [5.41, 5.74) is 3.18. The lowest BCUT2D eigenvalue weighted by atomic mass is 10.1. The second kappa shape index (κ2) is 8.33. The molecule has 8 nitrogen and oxygen atoms in total. The lowest BCUT2D eigenvalue weighted by Gasteiger charge is -2.13. The van der Waals surface area contributed by atoms with Crippen LogP contribution in [0.2, 0.25) is 0 Å². The summed E-state index contributed by atoms with van der Waals surface area (Å²) in [5, 5.41) is 14.7. The predicted octanol–water partition coefficient (Wildman–Crippen LogP) is 3.59. The zero-order chi connectivity index (χ0) is 21.1. The average molecular weight is 443 g/mol. The second-order valence-electron chi connectivity index (χ2n) is 6.67. The maximum Gasteiger partial charge on any atom is 0.232 e. The Morgan fingerprint density at radius 3 is 2.63 bits per heavy atom. The van der Waals surface area contributed by atoms with Crippen LogP contribution in [-0.4, -0.2) is 34.3 Å². The summed E-state index contributed by atoms with van der Waals surface area (Å²) in [6.07, 6.45) is 1.77. The molecule has 1 aliphatic heterocycles. The van der Waals surface area contributed by atoms with Crippen molar-refractivity contribution in [3.63, 3.8) is 0 Å². The first kappa shape index (κ1) is 20.2. The Balaban J connectivity index is 1.69. The fourth-order valence-corrected chi connectivity index (χ4v) is 5.10. The van der Waals surface area contributed by atoms with Crippen molar-refractivity contribution in [3.05, 3.63) is 70.7 Å². The molecule has 4 rings (SSSR count). The standard InChI is InChI=1S/C20H22N6O2S2/c1-3-30(27,28)26-16-9-10-29(13-16)20-21-17(15-7-5-4-6-8-15)12-18(23-20)22-19-11-14(2)24-25-19/h4-13,26,29H,3H2,1-2H3,(H2,21,22,23,24,25). The minimum atomic E-state index is -3.33. The zero-order valence-corrected chi connectivity index (χ0v) is 18.2. The lowest BCUT2D eigenvalue weighted by molar-refractivity contribution is 0.590. The van der Waals surface area contributed by atoms with Gasteiger partial charge in [0.05, 0.1) is 22.8 Å². The van der Waals surface area contributed by atoms with Crippen LogP contribution in [-0.2, 0) is 10.0 Å². The van der Waals surface area contributed by atoms with Crippen molar-refractivity contribution in [1.82, 2.24) is 24.9 Å². The molecule has 1 aromatic carbocycles. The van der Waals surface area contributed by atoms with E-state index in [9.17, 15) is 8.42 Å².